The van der Waals surface area contributed by atoms with E-state index in [0.29, 0.717) is 0 Å². The van der Waals surface area contributed by atoms with Crippen LogP contribution in [0.4, 0.5) is 0 Å². The van der Waals surface area contributed by atoms with Gasteiger partial charge in [-0.2, -0.15) is 9.13 Å². The summed E-state index contributed by atoms with van der Waals surface area (Å²) in [4.78, 5) is 0. The Bertz CT molecular complexity index is 741. The second kappa shape index (κ2) is 7.51. The lowest BCUT2D eigenvalue weighted by Crippen LogP contribution is -2.42. The quantitative estimate of drug-likeness (QED) is 0.614. The average molecular weight is 314 g/mol. The average Bonchev–Trinajstić information content (AvgIpc) is 2.65. The van der Waals surface area contributed by atoms with E-state index in [1.807, 2.05) is 12.2 Å². The molecule has 2 heteroatoms. The van der Waals surface area contributed by atoms with Gasteiger partial charge in [0.25, 0.3) is 0 Å². The molecule has 1 heterocycles. The number of rotatable bonds is 6. The predicted octanol–water partition coefficient (Wildman–Crippen LogP) is 3.64. The monoisotopic (exact) mass is 314 g/mol. The standard InChI is InChI=1S/C22H22N2/c1-3-19-5-9-21(10-6-19)17-23-13-15-24(16-14-23)18-22-11-7-20(4-2)8-12-22/h3-16H,1-2,17-18H2/q+2. The molecule has 24 heavy (non-hydrogen) atoms. The Labute approximate surface area is 143 Å². The zero-order valence-electron chi connectivity index (χ0n) is 13.8. The first-order valence-corrected chi connectivity index (χ1v) is 8.08. The number of hydrogen-bond donors (Lipinski definition) is 0. The van der Waals surface area contributed by atoms with Gasteiger partial charge in [-0.25, -0.2) is 0 Å². The Morgan fingerprint density at radius 2 is 0.917 bits per heavy atom. The normalized spacial score (nSPS) is 10.3. The molecule has 0 aliphatic heterocycles. The summed E-state index contributed by atoms with van der Waals surface area (Å²) in [5, 5.41) is 0. The maximum absolute atomic E-state index is 3.79. The third-order valence-electron chi connectivity index (χ3n) is 4.06. The fourth-order valence-electron chi connectivity index (χ4n) is 2.59. The maximum Gasteiger partial charge on any atom is 0.233 e. The third kappa shape index (κ3) is 4.05. The van der Waals surface area contributed by atoms with Gasteiger partial charge in [-0.1, -0.05) is 73.8 Å². The highest BCUT2D eigenvalue weighted by molar-refractivity contribution is 5.47. The SMILES string of the molecule is C=Cc1ccc(C[n+]2cc[n+](Cc3ccc(C=C)cc3)cc2)cc1. The molecule has 0 fully saturated rings. The topological polar surface area (TPSA) is 7.76 Å². The summed E-state index contributed by atoms with van der Waals surface area (Å²) >= 11 is 0. The molecule has 0 saturated heterocycles. The van der Waals surface area contributed by atoms with Gasteiger partial charge in [0, 0.05) is 11.1 Å². The lowest BCUT2D eigenvalue weighted by Gasteiger charge is -2.00. The Morgan fingerprint density at radius 3 is 1.21 bits per heavy atom. The van der Waals surface area contributed by atoms with Gasteiger partial charge in [-0.05, 0) is 11.1 Å². The Balaban J connectivity index is 1.65. The third-order valence-corrected chi connectivity index (χ3v) is 4.06. The van der Waals surface area contributed by atoms with Crippen molar-refractivity contribution in [3.05, 3.63) is 109 Å². The second-order valence-corrected chi connectivity index (χ2v) is 5.83. The Morgan fingerprint density at radius 1 is 0.583 bits per heavy atom. The fourth-order valence-corrected chi connectivity index (χ4v) is 2.59. The van der Waals surface area contributed by atoms with Crippen LogP contribution in [0.1, 0.15) is 22.3 Å². The molecule has 0 aliphatic carbocycles. The van der Waals surface area contributed by atoms with E-state index in [9.17, 15) is 0 Å². The molecule has 118 valence electrons. The number of benzene rings is 2. The first-order valence-electron chi connectivity index (χ1n) is 8.08. The molecule has 2 aromatic carbocycles. The fraction of sp³-hybridized carbons (Fsp3) is 0.0909. The molecule has 0 atom stereocenters. The minimum Gasteiger partial charge on any atom is -0.190 e. The van der Waals surface area contributed by atoms with Gasteiger partial charge in [0.1, 0.15) is 0 Å². The zero-order chi connectivity index (χ0) is 16.8. The van der Waals surface area contributed by atoms with Crippen molar-refractivity contribution in [1.29, 1.82) is 0 Å². The van der Waals surface area contributed by atoms with Crippen LogP contribution in [-0.4, -0.2) is 0 Å². The Kier molecular flexibility index (Phi) is 4.97. The van der Waals surface area contributed by atoms with Gasteiger partial charge in [-0.3, -0.25) is 0 Å². The molecule has 3 aromatic rings. The van der Waals surface area contributed by atoms with E-state index in [1.54, 1.807) is 0 Å². The molecule has 0 saturated carbocycles. The van der Waals surface area contributed by atoms with Crippen LogP contribution in [-0.2, 0) is 13.1 Å². The van der Waals surface area contributed by atoms with Crippen LogP contribution in [0.15, 0.2) is 86.5 Å². The van der Waals surface area contributed by atoms with Crippen molar-refractivity contribution in [2.24, 2.45) is 0 Å². The minimum atomic E-state index is 0.867. The summed E-state index contributed by atoms with van der Waals surface area (Å²) in [5.74, 6) is 0. The summed E-state index contributed by atoms with van der Waals surface area (Å²) in [7, 11) is 0. The molecule has 0 spiro atoms. The lowest BCUT2D eigenvalue weighted by atomic mass is 10.1. The molecule has 0 N–H and O–H groups in total. The highest BCUT2D eigenvalue weighted by Crippen LogP contribution is 2.06. The van der Waals surface area contributed by atoms with Crippen molar-refractivity contribution >= 4 is 12.2 Å². The molecule has 0 amide bonds. The summed E-state index contributed by atoms with van der Waals surface area (Å²) in [6.07, 6.45) is 12.2. The molecule has 3 rings (SSSR count). The number of hydrogen-bond acceptors (Lipinski definition) is 0. The summed E-state index contributed by atoms with van der Waals surface area (Å²) in [6, 6.07) is 17.0. The van der Waals surface area contributed by atoms with Gasteiger partial charge in [-0.15, -0.1) is 0 Å². The van der Waals surface area contributed by atoms with E-state index in [4.69, 9.17) is 0 Å². The van der Waals surface area contributed by atoms with Crippen LogP contribution in [0.25, 0.3) is 12.2 Å². The van der Waals surface area contributed by atoms with E-state index in [1.165, 1.54) is 11.1 Å². The van der Waals surface area contributed by atoms with E-state index in [-0.39, 0.29) is 0 Å². The molecular formula is C22H22N2+2. The molecule has 0 bridgehead atoms. The van der Waals surface area contributed by atoms with Crippen molar-refractivity contribution in [3.63, 3.8) is 0 Å². The van der Waals surface area contributed by atoms with Crippen molar-refractivity contribution in [2.45, 2.75) is 13.1 Å². The van der Waals surface area contributed by atoms with Crippen LogP contribution in [0, 0.1) is 0 Å². The van der Waals surface area contributed by atoms with Crippen LogP contribution >= 0.6 is 0 Å². The van der Waals surface area contributed by atoms with Crippen molar-refractivity contribution in [1.82, 2.24) is 0 Å². The first kappa shape index (κ1) is 15.9. The van der Waals surface area contributed by atoms with Gasteiger partial charge >= 0.3 is 0 Å². The molecule has 1 aromatic heterocycles. The highest BCUT2D eigenvalue weighted by Gasteiger charge is 2.08. The smallest absolute Gasteiger partial charge is 0.190 e. The van der Waals surface area contributed by atoms with Gasteiger partial charge in [0.05, 0.1) is 0 Å². The highest BCUT2D eigenvalue weighted by atomic mass is 15.0. The second-order valence-electron chi connectivity index (χ2n) is 5.83. The van der Waals surface area contributed by atoms with Gasteiger partial charge in [0.15, 0.2) is 13.1 Å². The largest absolute Gasteiger partial charge is 0.233 e. The van der Waals surface area contributed by atoms with Gasteiger partial charge in [0.2, 0.25) is 24.8 Å². The van der Waals surface area contributed by atoms with Crippen molar-refractivity contribution < 1.29 is 9.13 Å². The van der Waals surface area contributed by atoms with Crippen LogP contribution in [0.2, 0.25) is 0 Å². The Hall–Kier alpha value is -3.00. The molecule has 0 aliphatic rings. The summed E-state index contributed by atoms with van der Waals surface area (Å²) < 4.78 is 4.36. The number of nitrogens with zero attached hydrogens (tertiary/aromatic N) is 2. The van der Waals surface area contributed by atoms with Crippen LogP contribution < -0.4 is 9.13 Å². The lowest BCUT2D eigenvalue weighted by molar-refractivity contribution is -0.743. The first-order chi connectivity index (χ1) is 11.8. The van der Waals surface area contributed by atoms with E-state index < -0.39 is 0 Å². The summed E-state index contributed by atoms with van der Waals surface area (Å²) in [5.41, 5.74) is 4.86. The number of aromatic nitrogens is 2. The molecule has 0 unspecified atom stereocenters. The predicted molar refractivity (Wildman–Crippen MR) is 98.1 cm³/mol. The van der Waals surface area contributed by atoms with E-state index in [2.05, 4.69) is 95.6 Å². The molecular weight excluding hydrogens is 292 g/mol. The molecule has 2 nitrogen and oxygen atoms in total. The zero-order valence-corrected chi connectivity index (χ0v) is 13.8. The van der Waals surface area contributed by atoms with E-state index in [0.717, 1.165) is 24.2 Å². The van der Waals surface area contributed by atoms with Crippen molar-refractivity contribution in [2.75, 3.05) is 0 Å². The molecule has 0 radical (unpaired) electrons. The van der Waals surface area contributed by atoms with Crippen molar-refractivity contribution in [3.8, 4) is 0 Å². The minimum absolute atomic E-state index is 0.867. The van der Waals surface area contributed by atoms with Crippen LogP contribution in [0.3, 0.4) is 0 Å². The maximum atomic E-state index is 3.79. The van der Waals surface area contributed by atoms with E-state index >= 15 is 0 Å². The van der Waals surface area contributed by atoms with Gasteiger partial charge < -0.3 is 0 Å². The van der Waals surface area contributed by atoms with Crippen LogP contribution in [0.5, 0.6) is 0 Å². The summed E-state index contributed by atoms with van der Waals surface area (Å²) in [6.45, 7) is 9.31.